The van der Waals surface area contributed by atoms with Gasteiger partial charge in [-0.1, -0.05) is 31.9 Å². The number of piperidine rings is 1. The van der Waals surface area contributed by atoms with Gasteiger partial charge < -0.3 is 0 Å². The third-order valence-corrected chi connectivity index (χ3v) is 2.57. The minimum atomic E-state index is 1.21. The van der Waals surface area contributed by atoms with Gasteiger partial charge in [0.1, 0.15) is 0 Å². The van der Waals surface area contributed by atoms with Crippen molar-refractivity contribution in [2.45, 2.75) is 39.5 Å². The van der Waals surface area contributed by atoms with Crippen LogP contribution in [0.4, 0.5) is 0 Å². The molecule has 1 heteroatoms. The highest BCUT2D eigenvalue weighted by Gasteiger charge is 2.11. The van der Waals surface area contributed by atoms with E-state index in [1.165, 1.54) is 45.3 Å². The van der Waals surface area contributed by atoms with E-state index in [1.54, 1.807) is 5.57 Å². The van der Waals surface area contributed by atoms with Crippen LogP contribution >= 0.6 is 0 Å². The predicted molar refractivity (Wildman–Crippen MR) is 54.3 cm³/mol. The number of hydrogen-bond acceptors (Lipinski definition) is 1. The summed E-state index contributed by atoms with van der Waals surface area (Å²) in [7, 11) is 0. The fraction of sp³-hybridized carbons (Fsp3) is 0.818. The molecule has 0 N–H and O–H groups in total. The van der Waals surface area contributed by atoms with Crippen molar-refractivity contribution in [2.75, 3.05) is 19.6 Å². The summed E-state index contributed by atoms with van der Waals surface area (Å²) < 4.78 is 0. The lowest BCUT2D eigenvalue weighted by molar-refractivity contribution is 0.279. The normalized spacial score (nSPS) is 23.3. The maximum Gasteiger partial charge on any atom is 0.0192 e. The molecule has 0 bridgehead atoms. The number of allylic oxidation sites excluding steroid dienone is 1. The highest BCUT2D eigenvalue weighted by molar-refractivity contribution is 5.06. The van der Waals surface area contributed by atoms with Gasteiger partial charge in [0.25, 0.3) is 0 Å². The molecule has 1 aliphatic rings. The van der Waals surface area contributed by atoms with E-state index in [-0.39, 0.29) is 0 Å². The van der Waals surface area contributed by atoms with Gasteiger partial charge in [0.2, 0.25) is 0 Å². The van der Waals surface area contributed by atoms with Crippen LogP contribution in [-0.2, 0) is 0 Å². The van der Waals surface area contributed by atoms with Crippen LogP contribution in [0.3, 0.4) is 0 Å². The van der Waals surface area contributed by atoms with E-state index in [0.717, 1.165) is 0 Å². The van der Waals surface area contributed by atoms with Crippen LogP contribution in [0.2, 0.25) is 0 Å². The molecular weight excluding hydrogens is 146 g/mol. The lowest BCUT2D eigenvalue weighted by atomic mass is 10.0. The third kappa shape index (κ3) is 2.98. The van der Waals surface area contributed by atoms with E-state index in [0.29, 0.717) is 0 Å². The van der Waals surface area contributed by atoms with Gasteiger partial charge in [-0.25, -0.2) is 0 Å². The number of nitrogens with zero attached hydrogens (tertiary/aromatic N) is 1. The number of unbranched alkanes of at least 4 members (excludes halogenated alkanes) is 1. The number of likely N-dealkylation sites (tertiary alicyclic amines) is 1. The number of likely N-dealkylation sites (N-methyl/N-ethyl adjacent to an activating group) is 1. The summed E-state index contributed by atoms with van der Waals surface area (Å²) >= 11 is 0. The smallest absolute Gasteiger partial charge is 0.0192 e. The molecule has 0 aromatic heterocycles. The van der Waals surface area contributed by atoms with E-state index < -0.39 is 0 Å². The van der Waals surface area contributed by atoms with Crippen LogP contribution in [0, 0.1) is 0 Å². The molecule has 1 heterocycles. The second kappa shape index (κ2) is 5.36. The molecule has 0 spiro atoms. The van der Waals surface area contributed by atoms with Crippen molar-refractivity contribution in [3.8, 4) is 0 Å². The SMILES string of the molecule is CCC/C=C1\CCCN(CC)C1. The monoisotopic (exact) mass is 167 g/mol. The molecule has 0 saturated carbocycles. The summed E-state index contributed by atoms with van der Waals surface area (Å²) in [5.74, 6) is 0. The summed E-state index contributed by atoms with van der Waals surface area (Å²) in [6.07, 6.45) is 7.71. The summed E-state index contributed by atoms with van der Waals surface area (Å²) in [6, 6.07) is 0. The standard InChI is InChI=1S/C11H21N/c1-3-5-7-11-8-6-9-12(4-2)10-11/h7H,3-6,8-10H2,1-2H3/b11-7+. The zero-order valence-corrected chi connectivity index (χ0v) is 8.47. The van der Waals surface area contributed by atoms with E-state index in [1.807, 2.05) is 0 Å². The summed E-state index contributed by atoms with van der Waals surface area (Å²) in [5.41, 5.74) is 1.67. The van der Waals surface area contributed by atoms with E-state index in [2.05, 4.69) is 24.8 Å². The van der Waals surface area contributed by atoms with E-state index >= 15 is 0 Å². The topological polar surface area (TPSA) is 3.24 Å². The molecule has 1 fully saturated rings. The first-order valence-electron chi connectivity index (χ1n) is 5.27. The van der Waals surface area contributed by atoms with Crippen LogP contribution in [0.15, 0.2) is 11.6 Å². The molecule has 0 radical (unpaired) electrons. The molecular formula is C11H21N. The highest BCUT2D eigenvalue weighted by atomic mass is 15.1. The summed E-state index contributed by atoms with van der Waals surface area (Å²) in [6.45, 7) is 8.25. The van der Waals surface area contributed by atoms with E-state index in [4.69, 9.17) is 0 Å². The van der Waals surface area contributed by atoms with Gasteiger partial charge in [-0.2, -0.15) is 0 Å². The summed E-state index contributed by atoms with van der Waals surface area (Å²) in [4.78, 5) is 2.53. The quantitative estimate of drug-likeness (QED) is 0.584. The van der Waals surface area contributed by atoms with Gasteiger partial charge in [0.15, 0.2) is 0 Å². The van der Waals surface area contributed by atoms with Crippen molar-refractivity contribution in [1.29, 1.82) is 0 Å². The lowest BCUT2D eigenvalue weighted by Gasteiger charge is -2.27. The van der Waals surface area contributed by atoms with Crippen LogP contribution in [0.1, 0.15) is 39.5 Å². The Kier molecular flexibility index (Phi) is 4.37. The Hall–Kier alpha value is -0.300. The van der Waals surface area contributed by atoms with Gasteiger partial charge in [-0.15, -0.1) is 0 Å². The lowest BCUT2D eigenvalue weighted by Crippen LogP contribution is -2.30. The maximum atomic E-state index is 2.53. The molecule has 1 nitrogen and oxygen atoms in total. The van der Waals surface area contributed by atoms with Crippen LogP contribution in [-0.4, -0.2) is 24.5 Å². The zero-order valence-electron chi connectivity index (χ0n) is 8.47. The molecule has 0 aromatic carbocycles. The Morgan fingerprint density at radius 1 is 1.42 bits per heavy atom. The van der Waals surface area contributed by atoms with Crippen molar-refractivity contribution >= 4 is 0 Å². The first kappa shape index (κ1) is 9.79. The fourth-order valence-corrected chi connectivity index (χ4v) is 1.76. The molecule has 0 aromatic rings. The minimum Gasteiger partial charge on any atom is -0.300 e. The summed E-state index contributed by atoms with van der Waals surface area (Å²) in [5, 5.41) is 0. The van der Waals surface area contributed by atoms with Gasteiger partial charge >= 0.3 is 0 Å². The molecule has 1 aliphatic heterocycles. The Balaban J connectivity index is 2.34. The van der Waals surface area contributed by atoms with Crippen molar-refractivity contribution < 1.29 is 0 Å². The third-order valence-electron chi connectivity index (χ3n) is 2.57. The molecule has 0 unspecified atom stereocenters. The molecule has 1 rings (SSSR count). The second-order valence-electron chi connectivity index (χ2n) is 3.62. The Morgan fingerprint density at radius 3 is 2.92 bits per heavy atom. The number of hydrogen-bond donors (Lipinski definition) is 0. The predicted octanol–water partition coefficient (Wildman–Crippen LogP) is 2.83. The van der Waals surface area contributed by atoms with Crippen LogP contribution < -0.4 is 0 Å². The Morgan fingerprint density at radius 2 is 2.25 bits per heavy atom. The van der Waals surface area contributed by atoms with Gasteiger partial charge in [-0.05, 0) is 32.4 Å². The first-order valence-corrected chi connectivity index (χ1v) is 5.27. The van der Waals surface area contributed by atoms with E-state index in [9.17, 15) is 0 Å². The van der Waals surface area contributed by atoms with Gasteiger partial charge in [0.05, 0.1) is 0 Å². The largest absolute Gasteiger partial charge is 0.300 e. The van der Waals surface area contributed by atoms with Crippen molar-refractivity contribution in [1.82, 2.24) is 4.90 Å². The van der Waals surface area contributed by atoms with Gasteiger partial charge in [-0.3, -0.25) is 4.90 Å². The van der Waals surface area contributed by atoms with Crippen molar-refractivity contribution in [3.63, 3.8) is 0 Å². The second-order valence-corrected chi connectivity index (χ2v) is 3.62. The first-order chi connectivity index (χ1) is 5.86. The maximum absolute atomic E-state index is 2.53. The van der Waals surface area contributed by atoms with Crippen LogP contribution in [0.25, 0.3) is 0 Å². The van der Waals surface area contributed by atoms with Gasteiger partial charge in [0, 0.05) is 6.54 Å². The minimum absolute atomic E-state index is 1.21. The highest BCUT2D eigenvalue weighted by Crippen LogP contribution is 2.15. The average molecular weight is 167 g/mol. The Labute approximate surface area is 76.5 Å². The molecule has 12 heavy (non-hydrogen) atoms. The zero-order chi connectivity index (χ0) is 8.81. The molecule has 0 aliphatic carbocycles. The van der Waals surface area contributed by atoms with Crippen molar-refractivity contribution in [3.05, 3.63) is 11.6 Å². The Bertz CT molecular complexity index is 149. The molecule has 0 amide bonds. The average Bonchev–Trinajstić information content (AvgIpc) is 2.15. The number of rotatable bonds is 3. The molecule has 70 valence electrons. The van der Waals surface area contributed by atoms with Crippen LogP contribution in [0.5, 0.6) is 0 Å². The van der Waals surface area contributed by atoms with Crippen molar-refractivity contribution in [2.24, 2.45) is 0 Å². The fourth-order valence-electron chi connectivity index (χ4n) is 1.76. The molecule has 0 atom stereocenters. The molecule has 1 saturated heterocycles.